The largest absolute Gasteiger partial charge is 0.361 e. The maximum absolute atomic E-state index is 13.4. The highest BCUT2D eigenvalue weighted by Crippen LogP contribution is 2.52. The second-order valence-electron chi connectivity index (χ2n) is 8.71. The van der Waals surface area contributed by atoms with Gasteiger partial charge in [-0.2, -0.15) is 0 Å². The number of nitrogens with zero attached hydrogens (tertiary/aromatic N) is 3. The second-order valence-corrected chi connectivity index (χ2v) is 8.71. The van der Waals surface area contributed by atoms with E-state index in [0.29, 0.717) is 31.1 Å². The molecule has 2 saturated heterocycles. The molecule has 7 heteroatoms. The summed E-state index contributed by atoms with van der Waals surface area (Å²) in [7, 11) is 1.73. The van der Waals surface area contributed by atoms with E-state index in [9.17, 15) is 9.59 Å². The van der Waals surface area contributed by atoms with Gasteiger partial charge in [-0.25, -0.2) is 0 Å². The molecular weight excluding hydrogens is 382 g/mol. The molecular formula is C23H25N3O4. The molecule has 2 amide bonds. The molecule has 0 saturated carbocycles. The summed E-state index contributed by atoms with van der Waals surface area (Å²) in [6.07, 6.45) is 3.58. The summed E-state index contributed by atoms with van der Waals surface area (Å²) in [6.45, 7) is 5.20. The zero-order chi connectivity index (χ0) is 21.0. The summed E-state index contributed by atoms with van der Waals surface area (Å²) >= 11 is 0. The van der Waals surface area contributed by atoms with Crippen molar-refractivity contribution >= 4 is 11.8 Å². The Labute approximate surface area is 175 Å². The Kier molecular flexibility index (Phi) is 4.32. The predicted octanol–water partition coefficient (Wildman–Crippen LogP) is 2.23. The molecule has 30 heavy (non-hydrogen) atoms. The van der Waals surface area contributed by atoms with Gasteiger partial charge in [0.25, 0.3) is 0 Å². The van der Waals surface area contributed by atoms with Crippen molar-refractivity contribution in [1.29, 1.82) is 0 Å². The number of amides is 2. The van der Waals surface area contributed by atoms with E-state index in [4.69, 9.17) is 9.26 Å². The normalized spacial score (nSPS) is 29.0. The quantitative estimate of drug-likeness (QED) is 0.711. The highest BCUT2D eigenvalue weighted by Gasteiger charge is 2.67. The van der Waals surface area contributed by atoms with Crippen LogP contribution in [0, 0.1) is 25.7 Å². The number of hydrogen-bond donors (Lipinski definition) is 0. The molecule has 0 radical (unpaired) electrons. The van der Waals surface area contributed by atoms with Gasteiger partial charge in [-0.1, -0.05) is 47.1 Å². The van der Waals surface area contributed by atoms with E-state index in [1.807, 2.05) is 55.2 Å². The van der Waals surface area contributed by atoms with Crippen molar-refractivity contribution < 1.29 is 18.8 Å². The van der Waals surface area contributed by atoms with Gasteiger partial charge >= 0.3 is 0 Å². The average Bonchev–Trinajstić information content (AvgIpc) is 3.44. The Morgan fingerprint density at radius 2 is 2.17 bits per heavy atom. The van der Waals surface area contributed by atoms with Crippen molar-refractivity contribution in [2.45, 2.75) is 38.6 Å². The fourth-order valence-corrected chi connectivity index (χ4v) is 5.09. The Bertz CT molecular complexity index is 1040. The van der Waals surface area contributed by atoms with Crippen molar-refractivity contribution in [1.82, 2.24) is 15.0 Å². The number of carbonyl (C=O) groups is 2. The number of hydrogen-bond acceptors (Lipinski definition) is 5. The lowest BCUT2D eigenvalue weighted by Gasteiger charge is -2.27. The summed E-state index contributed by atoms with van der Waals surface area (Å²) < 4.78 is 11.3. The van der Waals surface area contributed by atoms with E-state index < -0.39 is 17.4 Å². The molecule has 0 N–H and O–H groups in total. The van der Waals surface area contributed by atoms with Crippen LogP contribution in [0.2, 0.25) is 0 Å². The van der Waals surface area contributed by atoms with Gasteiger partial charge in [0.2, 0.25) is 11.8 Å². The van der Waals surface area contributed by atoms with Gasteiger partial charge in [-0.3, -0.25) is 9.59 Å². The highest BCUT2D eigenvalue weighted by molar-refractivity contribution is 5.93. The number of carbonyl (C=O) groups excluding carboxylic acids is 2. The molecule has 1 aromatic carbocycles. The smallest absolute Gasteiger partial charge is 0.230 e. The molecule has 0 aliphatic carbocycles. The van der Waals surface area contributed by atoms with Crippen molar-refractivity contribution in [3.8, 4) is 0 Å². The van der Waals surface area contributed by atoms with Gasteiger partial charge in [0.1, 0.15) is 17.1 Å². The van der Waals surface area contributed by atoms with Crippen LogP contribution in [-0.2, 0) is 27.4 Å². The molecule has 2 fully saturated rings. The van der Waals surface area contributed by atoms with E-state index in [2.05, 4.69) is 11.2 Å². The minimum atomic E-state index is -0.697. The van der Waals surface area contributed by atoms with Crippen LogP contribution in [0.15, 0.2) is 47.0 Å². The zero-order valence-corrected chi connectivity index (χ0v) is 17.4. The zero-order valence-electron chi connectivity index (χ0n) is 17.4. The molecule has 7 nitrogen and oxygen atoms in total. The van der Waals surface area contributed by atoms with Gasteiger partial charge in [0, 0.05) is 19.7 Å². The highest BCUT2D eigenvalue weighted by atomic mass is 16.5. The van der Waals surface area contributed by atoms with E-state index >= 15 is 0 Å². The third kappa shape index (κ3) is 2.96. The Morgan fingerprint density at radius 3 is 2.90 bits per heavy atom. The van der Waals surface area contributed by atoms with Gasteiger partial charge in [0.15, 0.2) is 0 Å². The summed E-state index contributed by atoms with van der Waals surface area (Å²) in [5.74, 6) is -0.391. The van der Waals surface area contributed by atoms with Crippen LogP contribution in [0.4, 0.5) is 0 Å². The molecule has 4 atom stereocenters. The van der Waals surface area contributed by atoms with Crippen molar-refractivity contribution in [3.63, 3.8) is 0 Å². The lowest BCUT2D eigenvalue weighted by Crippen LogP contribution is -2.44. The molecule has 2 bridgehead atoms. The first-order chi connectivity index (χ1) is 14.4. The van der Waals surface area contributed by atoms with Crippen LogP contribution in [0.3, 0.4) is 0 Å². The summed E-state index contributed by atoms with van der Waals surface area (Å²) in [5.41, 5.74) is 2.24. The first-order valence-electron chi connectivity index (χ1n) is 10.2. The third-order valence-electron chi connectivity index (χ3n) is 6.37. The summed E-state index contributed by atoms with van der Waals surface area (Å²) in [4.78, 5) is 30.1. The maximum atomic E-state index is 13.4. The number of benzene rings is 1. The predicted molar refractivity (Wildman–Crippen MR) is 108 cm³/mol. The van der Waals surface area contributed by atoms with E-state index in [0.717, 1.165) is 11.1 Å². The Hall–Kier alpha value is -2.93. The van der Waals surface area contributed by atoms with Crippen molar-refractivity contribution in [2.75, 3.05) is 13.6 Å². The van der Waals surface area contributed by atoms with Crippen molar-refractivity contribution in [3.05, 3.63) is 65.1 Å². The molecule has 1 spiro atoms. The van der Waals surface area contributed by atoms with Gasteiger partial charge < -0.3 is 19.1 Å². The number of likely N-dealkylation sites (tertiary alicyclic amines) is 1. The van der Waals surface area contributed by atoms with Crippen LogP contribution >= 0.6 is 0 Å². The van der Waals surface area contributed by atoms with Crippen molar-refractivity contribution in [2.24, 2.45) is 11.8 Å². The Morgan fingerprint density at radius 1 is 1.33 bits per heavy atom. The number of fused-ring (bicyclic) bond motifs is 1. The summed E-state index contributed by atoms with van der Waals surface area (Å²) in [6, 6.07) is 9.96. The van der Waals surface area contributed by atoms with Crippen LogP contribution in [0.5, 0.6) is 0 Å². The lowest BCUT2D eigenvalue weighted by molar-refractivity contribution is -0.143. The number of aromatic nitrogens is 1. The number of aryl methyl sites for hydroxylation is 2. The molecule has 3 aliphatic rings. The fraction of sp³-hybridized carbons (Fsp3) is 0.435. The molecule has 0 unspecified atom stereocenters. The fourth-order valence-electron chi connectivity index (χ4n) is 5.09. The topological polar surface area (TPSA) is 75.9 Å². The SMILES string of the molecule is Cc1cccc(CN2C[C@]34C=C[C@H](O3)[C@@H](C(=O)N(C)Cc3cc(C)on3)[C@H]4C2=O)c1. The van der Waals surface area contributed by atoms with Gasteiger partial charge in [-0.15, -0.1) is 0 Å². The number of ether oxygens (including phenoxy) is 1. The Balaban J connectivity index is 1.36. The molecule has 1 aromatic heterocycles. The lowest BCUT2D eigenvalue weighted by atomic mass is 9.76. The van der Waals surface area contributed by atoms with Crippen LogP contribution < -0.4 is 0 Å². The van der Waals surface area contributed by atoms with Gasteiger partial charge in [-0.05, 0) is 19.4 Å². The molecule has 5 rings (SSSR count). The molecule has 3 aliphatic heterocycles. The molecule has 156 valence electrons. The molecule has 2 aromatic rings. The van der Waals surface area contributed by atoms with Crippen LogP contribution in [0.1, 0.15) is 22.6 Å². The van der Waals surface area contributed by atoms with Crippen LogP contribution in [-0.4, -0.2) is 52.1 Å². The monoisotopic (exact) mass is 407 g/mol. The number of rotatable bonds is 5. The van der Waals surface area contributed by atoms with Gasteiger partial charge in [0.05, 0.1) is 31.0 Å². The minimum absolute atomic E-state index is 0.00705. The summed E-state index contributed by atoms with van der Waals surface area (Å²) in [5, 5.41) is 3.97. The van der Waals surface area contributed by atoms with Crippen LogP contribution in [0.25, 0.3) is 0 Å². The minimum Gasteiger partial charge on any atom is -0.361 e. The standard InChI is InChI=1S/C23H25N3O4/c1-14-5-4-6-16(9-14)11-26-13-23-8-7-18(29-23)19(20(23)22(26)28)21(27)25(3)12-17-10-15(2)30-24-17/h4-10,18-20H,11-13H2,1-3H3/t18-,19+,20-,23-/m0/s1. The average molecular weight is 407 g/mol. The first kappa shape index (κ1) is 19.1. The second kappa shape index (κ2) is 6.80. The van der Waals surface area contributed by atoms with E-state index in [-0.39, 0.29) is 17.9 Å². The molecule has 4 heterocycles. The first-order valence-corrected chi connectivity index (χ1v) is 10.2. The third-order valence-corrected chi connectivity index (χ3v) is 6.37. The van der Waals surface area contributed by atoms with E-state index in [1.165, 1.54) is 0 Å². The maximum Gasteiger partial charge on any atom is 0.230 e. The van der Waals surface area contributed by atoms with E-state index in [1.54, 1.807) is 11.9 Å².